The molecule has 0 spiro atoms. The number of anilines is 1. The third-order valence-corrected chi connectivity index (χ3v) is 6.32. The molecule has 2 aromatic heterocycles. The summed E-state index contributed by atoms with van der Waals surface area (Å²) in [6, 6.07) is 0.772. The van der Waals surface area contributed by atoms with Gasteiger partial charge in [-0.15, -0.1) is 0 Å². The standard InChI is InChI=1S/C22H36N6/c1-7-28-18(5)21(17(4)26-28)14-23-15(2)20-13-24-22(25-16(20)3)27(6)19-11-9-8-10-12-19/h13,15,19,23H,7-12,14H2,1-6H3. The lowest BCUT2D eigenvalue weighted by molar-refractivity contribution is 0.423. The van der Waals surface area contributed by atoms with E-state index in [-0.39, 0.29) is 6.04 Å². The number of hydrogen-bond donors (Lipinski definition) is 1. The van der Waals surface area contributed by atoms with Gasteiger partial charge < -0.3 is 10.2 Å². The Labute approximate surface area is 169 Å². The Bertz CT molecular complexity index is 791. The van der Waals surface area contributed by atoms with Crippen molar-refractivity contribution in [3.05, 3.63) is 34.4 Å². The zero-order chi connectivity index (χ0) is 20.3. The lowest BCUT2D eigenvalue weighted by Crippen LogP contribution is -2.34. The van der Waals surface area contributed by atoms with Crippen molar-refractivity contribution < 1.29 is 0 Å². The molecule has 1 unspecified atom stereocenters. The van der Waals surface area contributed by atoms with E-state index in [4.69, 9.17) is 9.97 Å². The molecule has 0 bridgehead atoms. The first-order valence-electron chi connectivity index (χ1n) is 10.7. The molecule has 2 aromatic rings. The fourth-order valence-electron chi connectivity index (χ4n) is 4.35. The topological polar surface area (TPSA) is 58.9 Å². The average Bonchev–Trinajstić information content (AvgIpc) is 2.99. The van der Waals surface area contributed by atoms with Crippen LogP contribution in [0.15, 0.2) is 6.20 Å². The molecule has 0 aromatic carbocycles. The van der Waals surface area contributed by atoms with Crippen LogP contribution in [0.25, 0.3) is 0 Å². The normalized spacial score (nSPS) is 16.4. The number of hydrogen-bond acceptors (Lipinski definition) is 5. The maximum absolute atomic E-state index is 4.84. The van der Waals surface area contributed by atoms with E-state index in [2.05, 4.69) is 61.7 Å². The molecule has 1 N–H and O–H groups in total. The van der Waals surface area contributed by atoms with Gasteiger partial charge in [0.1, 0.15) is 0 Å². The van der Waals surface area contributed by atoms with Crippen LogP contribution in [-0.4, -0.2) is 32.8 Å². The predicted octanol–water partition coefficient (Wildman–Crippen LogP) is 4.24. The largest absolute Gasteiger partial charge is 0.341 e. The molecule has 6 heteroatoms. The molecular weight excluding hydrogens is 348 g/mol. The van der Waals surface area contributed by atoms with E-state index in [9.17, 15) is 0 Å². The van der Waals surface area contributed by atoms with Crippen LogP contribution >= 0.6 is 0 Å². The SMILES string of the molecule is CCn1nc(C)c(CNC(C)c2cnc(N(C)C3CCCCC3)nc2C)c1C. The summed E-state index contributed by atoms with van der Waals surface area (Å²) in [6.07, 6.45) is 8.51. The van der Waals surface area contributed by atoms with Crippen LogP contribution in [0.3, 0.4) is 0 Å². The van der Waals surface area contributed by atoms with E-state index < -0.39 is 0 Å². The number of aromatic nitrogens is 4. The number of aryl methyl sites for hydroxylation is 3. The molecule has 28 heavy (non-hydrogen) atoms. The van der Waals surface area contributed by atoms with Gasteiger partial charge in [0.15, 0.2) is 0 Å². The van der Waals surface area contributed by atoms with Crippen LogP contribution in [0.5, 0.6) is 0 Å². The van der Waals surface area contributed by atoms with Crippen molar-refractivity contribution in [3.63, 3.8) is 0 Å². The highest BCUT2D eigenvalue weighted by Crippen LogP contribution is 2.25. The third kappa shape index (κ3) is 4.37. The summed E-state index contributed by atoms with van der Waals surface area (Å²) in [5.41, 5.74) is 5.87. The second-order valence-corrected chi connectivity index (χ2v) is 8.18. The molecule has 0 aliphatic heterocycles. The maximum Gasteiger partial charge on any atom is 0.225 e. The second kappa shape index (κ2) is 9.03. The number of nitrogens with zero attached hydrogens (tertiary/aromatic N) is 5. The molecule has 0 saturated heterocycles. The molecule has 1 aliphatic carbocycles. The van der Waals surface area contributed by atoms with Gasteiger partial charge >= 0.3 is 0 Å². The van der Waals surface area contributed by atoms with Crippen LogP contribution in [0.2, 0.25) is 0 Å². The fourth-order valence-corrected chi connectivity index (χ4v) is 4.35. The molecule has 2 heterocycles. The minimum atomic E-state index is 0.192. The number of rotatable bonds is 7. The van der Waals surface area contributed by atoms with Gasteiger partial charge in [0.05, 0.1) is 5.69 Å². The molecule has 6 nitrogen and oxygen atoms in total. The number of nitrogens with one attached hydrogen (secondary N) is 1. The van der Waals surface area contributed by atoms with Crippen LogP contribution in [0.1, 0.15) is 80.2 Å². The summed E-state index contributed by atoms with van der Waals surface area (Å²) < 4.78 is 2.07. The first kappa shape index (κ1) is 20.8. The van der Waals surface area contributed by atoms with Gasteiger partial charge in [-0.25, -0.2) is 9.97 Å². The highest BCUT2D eigenvalue weighted by molar-refractivity contribution is 5.34. The first-order chi connectivity index (χ1) is 13.4. The minimum absolute atomic E-state index is 0.192. The van der Waals surface area contributed by atoms with Gasteiger partial charge in [-0.2, -0.15) is 5.10 Å². The second-order valence-electron chi connectivity index (χ2n) is 8.18. The molecule has 0 radical (unpaired) electrons. The summed E-state index contributed by atoms with van der Waals surface area (Å²) in [4.78, 5) is 11.8. The molecule has 1 fully saturated rings. The van der Waals surface area contributed by atoms with Gasteiger partial charge in [-0.1, -0.05) is 19.3 Å². The Kier molecular flexibility index (Phi) is 6.70. The monoisotopic (exact) mass is 384 g/mol. The molecular formula is C22H36N6. The van der Waals surface area contributed by atoms with Crippen molar-refractivity contribution >= 4 is 5.95 Å². The Hall–Kier alpha value is -1.95. The van der Waals surface area contributed by atoms with E-state index in [0.717, 1.165) is 30.4 Å². The maximum atomic E-state index is 4.84. The average molecular weight is 385 g/mol. The summed E-state index contributed by atoms with van der Waals surface area (Å²) in [5.74, 6) is 0.858. The fraction of sp³-hybridized carbons (Fsp3) is 0.682. The van der Waals surface area contributed by atoms with Crippen LogP contribution in [-0.2, 0) is 13.1 Å². The zero-order valence-corrected chi connectivity index (χ0v) is 18.4. The van der Waals surface area contributed by atoms with Crippen molar-refractivity contribution in [2.24, 2.45) is 0 Å². The lowest BCUT2D eigenvalue weighted by Gasteiger charge is -2.31. The van der Waals surface area contributed by atoms with Crippen molar-refractivity contribution in [2.45, 2.75) is 91.9 Å². The predicted molar refractivity (Wildman–Crippen MR) is 115 cm³/mol. The molecule has 154 valence electrons. The van der Waals surface area contributed by atoms with Crippen molar-refractivity contribution in [1.82, 2.24) is 25.1 Å². The Morgan fingerprint density at radius 1 is 1.18 bits per heavy atom. The van der Waals surface area contributed by atoms with Gasteiger partial charge in [-0.3, -0.25) is 4.68 Å². The Balaban J connectivity index is 1.67. The molecule has 1 saturated carbocycles. The van der Waals surface area contributed by atoms with Gasteiger partial charge in [0, 0.05) is 60.9 Å². The molecule has 1 atom stereocenters. The lowest BCUT2D eigenvalue weighted by atomic mass is 9.95. The van der Waals surface area contributed by atoms with Gasteiger partial charge in [0.25, 0.3) is 0 Å². The summed E-state index contributed by atoms with van der Waals surface area (Å²) in [5, 5.41) is 8.26. The van der Waals surface area contributed by atoms with Gasteiger partial charge in [0.2, 0.25) is 5.95 Å². The van der Waals surface area contributed by atoms with Crippen LogP contribution in [0, 0.1) is 20.8 Å². The van der Waals surface area contributed by atoms with Gasteiger partial charge in [-0.05, 0) is 47.5 Å². The molecule has 1 aliphatic rings. The van der Waals surface area contributed by atoms with E-state index in [1.807, 2.05) is 6.20 Å². The summed E-state index contributed by atoms with van der Waals surface area (Å²) in [6.45, 7) is 12.4. The zero-order valence-electron chi connectivity index (χ0n) is 18.4. The summed E-state index contributed by atoms with van der Waals surface area (Å²) >= 11 is 0. The summed E-state index contributed by atoms with van der Waals surface area (Å²) in [7, 11) is 2.14. The first-order valence-corrected chi connectivity index (χ1v) is 10.7. The Morgan fingerprint density at radius 2 is 1.89 bits per heavy atom. The van der Waals surface area contributed by atoms with E-state index in [1.54, 1.807) is 0 Å². The Morgan fingerprint density at radius 3 is 2.50 bits per heavy atom. The van der Waals surface area contributed by atoms with E-state index >= 15 is 0 Å². The quantitative estimate of drug-likeness (QED) is 0.774. The van der Waals surface area contributed by atoms with Crippen LogP contribution < -0.4 is 10.2 Å². The van der Waals surface area contributed by atoms with Crippen molar-refractivity contribution in [1.29, 1.82) is 0 Å². The van der Waals surface area contributed by atoms with Crippen molar-refractivity contribution in [2.75, 3.05) is 11.9 Å². The smallest absolute Gasteiger partial charge is 0.225 e. The van der Waals surface area contributed by atoms with E-state index in [0.29, 0.717) is 6.04 Å². The van der Waals surface area contributed by atoms with Crippen LogP contribution in [0.4, 0.5) is 5.95 Å². The van der Waals surface area contributed by atoms with Crippen molar-refractivity contribution in [3.8, 4) is 0 Å². The minimum Gasteiger partial charge on any atom is -0.341 e. The molecule has 0 amide bonds. The highest BCUT2D eigenvalue weighted by atomic mass is 15.3. The third-order valence-electron chi connectivity index (χ3n) is 6.32. The molecule has 3 rings (SSSR count). The van der Waals surface area contributed by atoms with E-state index in [1.165, 1.54) is 48.9 Å². The highest BCUT2D eigenvalue weighted by Gasteiger charge is 2.21.